The summed E-state index contributed by atoms with van der Waals surface area (Å²) < 4.78 is 10.2. The van der Waals surface area contributed by atoms with Crippen molar-refractivity contribution in [1.82, 2.24) is 10.3 Å². The zero-order chi connectivity index (χ0) is 16.0. The largest absolute Gasteiger partial charge is 0.481 e. The van der Waals surface area contributed by atoms with Crippen LogP contribution in [0.1, 0.15) is 43.6 Å². The fourth-order valence-electron chi connectivity index (χ4n) is 1.72. The summed E-state index contributed by atoms with van der Waals surface area (Å²) in [7, 11) is 1.51. The fraction of sp³-hybridized carbons (Fsp3) is 0.533. The van der Waals surface area contributed by atoms with Crippen molar-refractivity contribution in [2.75, 3.05) is 13.7 Å². The van der Waals surface area contributed by atoms with E-state index in [0.717, 1.165) is 5.56 Å². The van der Waals surface area contributed by atoms with Gasteiger partial charge in [-0.2, -0.15) is 0 Å². The summed E-state index contributed by atoms with van der Waals surface area (Å²) in [4.78, 5) is 27.1. The molecule has 0 unspecified atom stereocenters. The molecule has 0 saturated heterocycles. The highest BCUT2D eigenvalue weighted by molar-refractivity contribution is 5.95. The van der Waals surface area contributed by atoms with E-state index < -0.39 is 11.7 Å². The Morgan fingerprint density at radius 3 is 2.52 bits per heavy atom. The number of alkyl carbamates (subject to hydrolysis) is 1. The zero-order valence-corrected chi connectivity index (χ0v) is 13.1. The van der Waals surface area contributed by atoms with Crippen molar-refractivity contribution in [2.24, 2.45) is 0 Å². The first kappa shape index (κ1) is 16.9. The molecule has 6 heteroatoms. The molecule has 6 nitrogen and oxygen atoms in total. The molecule has 0 atom stereocenters. The molecular formula is C15H22N2O4. The maximum absolute atomic E-state index is 11.6. The summed E-state index contributed by atoms with van der Waals surface area (Å²) in [5, 5.41) is 2.66. The van der Waals surface area contributed by atoms with Crippen LogP contribution in [0.25, 0.3) is 0 Å². The third kappa shape index (κ3) is 5.81. The highest BCUT2D eigenvalue weighted by atomic mass is 16.6. The lowest BCUT2D eigenvalue weighted by atomic mass is 10.0. The Morgan fingerprint density at radius 2 is 2.00 bits per heavy atom. The average molecular weight is 294 g/mol. The molecule has 0 saturated carbocycles. The molecule has 0 spiro atoms. The third-order valence-corrected chi connectivity index (χ3v) is 2.62. The van der Waals surface area contributed by atoms with Crippen LogP contribution in [-0.4, -0.2) is 36.1 Å². The number of methoxy groups -OCH3 is 1. The number of rotatable bonds is 5. The number of amides is 1. The number of ether oxygens (including phenoxy) is 2. The molecule has 0 radical (unpaired) electrons. The summed E-state index contributed by atoms with van der Waals surface area (Å²) in [5.74, 6) is 0.365. The minimum atomic E-state index is -0.533. The first-order valence-corrected chi connectivity index (χ1v) is 6.73. The van der Waals surface area contributed by atoms with E-state index in [9.17, 15) is 9.59 Å². The molecule has 1 heterocycles. The molecule has 1 aromatic rings. The van der Waals surface area contributed by atoms with Crippen molar-refractivity contribution < 1.29 is 19.1 Å². The molecule has 1 N–H and O–H groups in total. The Balaban J connectivity index is 2.66. The van der Waals surface area contributed by atoms with Gasteiger partial charge in [0.1, 0.15) is 5.60 Å². The summed E-state index contributed by atoms with van der Waals surface area (Å²) in [6, 6.07) is 1.70. The van der Waals surface area contributed by atoms with Gasteiger partial charge in [-0.1, -0.05) is 0 Å². The van der Waals surface area contributed by atoms with E-state index in [-0.39, 0.29) is 5.78 Å². The first-order valence-electron chi connectivity index (χ1n) is 6.73. The van der Waals surface area contributed by atoms with Crippen LogP contribution in [0.2, 0.25) is 0 Å². The normalized spacial score (nSPS) is 10.9. The summed E-state index contributed by atoms with van der Waals surface area (Å²) in [5.41, 5.74) is 0.779. The van der Waals surface area contributed by atoms with Crippen LogP contribution in [-0.2, 0) is 11.2 Å². The highest BCUT2D eigenvalue weighted by Gasteiger charge is 2.16. The zero-order valence-electron chi connectivity index (χ0n) is 13.1. The second-order valence-corrected chi connectivity index (χ2v) is 5.62. The summed E-state index contributed by atoms with van der Waals surface area (Å²) in [6.07, 6.45) is 1.50. The van der Waals surface area contributed by atoms with Gasteiger partial charge in [0.25, 0.3) is 0 Å². The molecule has 0 fully saturated rings. The first-order chi connectivity index (χ1) is 9.73. The van der Waals surface area contributed by atoms with Crippen LogP contribution in [0.15, 0.2) is 12.3 Å². The van der Waals surface area contributed by atoms with E-state index >= 15 is 0 Å². The molecule has 0 aromatic carbocycles. The lowest BCUT2D eigenvalue weighted by Crippen LogP contribution is -2.33. The number of carbonyl (C=O) groups is 2. The van der Waals surface area contributed by atoms with Gasteiger partial charge in [0.05, 0.1) is 7.11 Å². The number of nitrogens with one attached hydrogen (secondary N) is 1. The predicted octanol–water partition coefficient (Wildman–Crippen LogP) is 2.36. The van der Waals surface area contributed by atoms with Gasteiger partial charge in [-0.3, -0.25) is 4.79 Å². The van der Waals surface area contributed by atoms with Crippen LogP contribution >= 0.6 is 0 Å². The Morgan fingerprint density at radius 1 is 1.33 bits per heavy atom. The van der Waals surface area contributed by atoms with Gasteiger partial charge in [-0.25, -0.2) is 9.78 Å². The standard InChI is InChI=1S/C15H22N2O4/c1-10(18)12-9-17-13(20-5)8-11(12)6-7-16-14(19)21-15(2,3)4/h8-9H,6-7H2,1-5H3,(H,16,19). The van der Waals surface area contributed by atoms with Crippen LogP contribution in [0.4, 0.5) is 4.79 Å². The smallest absolute Gasteiger partial charge is 0.407 e. The van der Waals surface area contributed by atoms with Gasteiger partial charge in [-0.15, -0.1) is 0 Å². The van der Waals surface area contributed by atoms with Crippen LogP contribution in [0.5, 0.6) is 5.88 Å². The Labute approximate surface area is 124 Å². The fourth-order valence-corrected chi connectivity index (χ4v) is 1.72. The van der Waals surface area contributed by atoms with Crippen molar-refractivity contribution in [2.45, 2.75) is 39.7 Å². The lowest BCUT2D eigenvalue weighted by Gasteiger charge is -2.19. The SMILES string of the molecule is COc1cc(CCNC(=O)OC(C)(C)C)c(C(C)=O)cn1. The van der Waals surface area contributed by atoms with Crippen LogP contribution in [0, 0.1) is 0 Å². The van der Waals surface area contributed by atoms with Gasteiger partial charge in [0.15, 0.2) is 5.78 Å². The number of carbonyl (C=O) groups excluding carboxylic acids is 2. The molecule has 1 rings (SSSR count). The van der Waals surface area contributed by atoms with Crippen molar-refractivity contribution >= 4 is 11.9 Å². The molecule has 1 amide bonds. The third-order valence-electron chi connectivity index (χ3n) is 2.62. The van der Waals surface area contributed by atoms with E-state index in [4.69, 9.17) is 9.47 Å². The maximum atomic E-state index is 11.6. The van der Waals surface area contributed by atoms with Gasteiger partial charge >= 0.3 is 6.09 Å². The van der Waals surface area contributed by atoms with Crippen molar-refractivity contribution in [1.29, 1.82) is 0 Å². The second kappa shape index (κ2) is 7.06. The Kier molecular flexibility index (Phi) is 5.69. The van der Waals surface area contributed by atoms with E-state index in [0.29, 0.717) is 24.4 Å². The molecule has 116 valence electrons. The molecule has 0 aliphatic rings. The lowest BCUT2D eigenvalue weighted by molar-refractivity contribution is 0.0528. The number of pyridine rings is 1. The van der Waals surface area contributed by atoms with Crippen molar-refractivity contribution in [3.63, 3.8) is 0 Å². The minimum Gasteiger partial charge on any atom is -0.481 e. The number of hydrogen-bond donors (Lipinski definition) is 1. The number of nitrogens with zero attached hydrogens (tertiary/aromatic N) is 1. The molecule has 21 heavy (non-hydrogen) atoms. The van der Waals surface area contributed by atoms with E-state index in [1.165, 1.54) is 20.2 Å². The molecule has 0 aliphatic heterocycles. The van der Waals surface area contributed by atoms with Crippen molar-refractivity contribution in [3.05, 3.63) is 23.4 Å². The number of aromatic nitrogens is 1. The van der Waals surface area contributed by atoms with Gasteiger partial charge < -0.3 is 14.8 Å². The molecule has 0 bridgehead atoms. The monoisotopic (exact) mass is 294 g/mol. The average Bonchev–Trinajstić information content (AvgIpc) is 2.36. The highest BCUT2D eigenvalue weighted by Crippen LogP contribution is 2.15. The molecular weight excluding hydrogens is 272 g/mol. The molecule has 1 aromatic heterocycles. The number of ketones is 1. The number of Topliss-reactive ketones (excluding diaryl/α,β-unsaturated/α-hetero) is 1. The Hall–Kier alpha value is -2.11. The van der Waals surface area contributed by atoms with Gasteiger partial charge in [0.2, 0.25) is 5.88 Å². The summed E-state index contributed by atoms with van der Waals surface area (Å²) >= 11 is 0. The van der Waals surface area contributed by atoms with Gasteiger partial charge in [-0.05, 0) is 39.7 Å². The predicted molar refractivity (Wildman–Crippen MR) is 78.7 cm³/mol. The van der Waals surface area contributed by atoms with Crippen LogP contribution < -0.4 is 10.1 Å². The van der Waals surface area contributed by atoms with E-state index in [1.54, 1.807) is 26.8 Å². The van der Waals surface area contributed by atoms with Crippen LogP contribution in [0.3, 0.4) is 0 Å². The second-order valence-electron chi connectivity index (χ2n) is 5.62. The maximum Gasteiger partial charge on any atom is 0.407 e. The minimum absolute atomic E-state index is 0.0718. The summed E-state index contributed by atoms with van der Waals surface area (Å²) in [6.45, 7) is 7.24. The van der Waals surface area contributed by atoms with Crippen molar-refractivity contribution in [3.8, 4) is 5.88 Å². The molecule has 0 aliphatic carbocycles. The Bertz CT molecular complexity index is 521. The van der Waals surface area contributed by atoms with Gasteiger partial charge in [0, 0.05) is 24.4 Å². The topological polar surface area (TPSA) is 77.5 Å². The van der Waals surface area contributed by atoms with E-state index in [2.05, 4.69) is 10.3 Å². The quantitative estimate of drug-likeness (QED) is 0.843. The number of hydrogen-bond acceptors (Lipinski definition) is 5. The van der Waals surface area contributed by atoms with E-state index in [1.807, 2.05) is 0 Å².